The molecule has 158 valence electrons. The van der Waals surface area contributed by atoms with Crippen molar-refractivity contribution in [3.05, 3.63) is 46.3 Å². The van der Waals surface area contributed by atoms with Crippen LogP contribution >= 0.6 is 0 Å². The van der Waals surface area contributed by atoms with Gasteiger partial charge in [-0.3, -0.25) is 19.8 Å². The molecule has 0 bridgehead atoms. The van der Waals surface area contributed by atoms with E-state index in [1.54, 1.807) is 4.90 Å². The first-order valence-corrected chi connectivity index (χ1v) is 9.17. The second kappa shape index (κ2) is 7.63. The predicted octanol–water partition coefficient (Wildman–Crippen LogP) is 0.861. The van der Waals surface area contributed by atoms with Crippen molar-refractivity contribution in [3.8, 4) is 0 Å². The maximum Gasteiger partial charge on any atom is 0.414 e. The molecule has 2 aliphatic rings. The highest BCUT2D eigenvalue weighted by Gasteiger charge is 2.40. The Morgan fingerprint density at radius 3 is 2.50 bits per heavy atom. The van der Waals surface area contributed by atoms with Gasteiger partial charge in [0, 0.05) is 30.9 Å². The monoisotopic (exact) mass is 417 g/mol. The largest absolute Gasteiger partial charge is 0.452 e. The number of amides is 2. The fourth-order valence-electron chi connectivity index (χ4n) is 3.36. The lowest BCUT2D eigenvalue weighted by molar-refractivity contribution is -0.384. The molecule has 0 atom stereocenters. The Labute approximate surface area is 170 Å². The molecule has 0 unspecified atom stereocenters. The molecule has 0 saturated carbocycles. The number of carbonyl (C=O) groups excluding carboxylic acids is 2. The van der Waals surface area contributed by atoms with Crippen LogP contribution in [0.3, 0.4) is 0 Å². The van der Waals surface area contributed by atoms with Crippen LogP contribution in [0, 0.1) is 10.1 Å². The van der Waals surface area contributed by atoms with Crippen molar-refractivity contribution in [3.63, 3.8) is 0 Å². The first-order valence-electron chi connectivity index (χ1n) is 9.17. The topological polar surface area (TPSA) is 142 Å². The maximum atomic E-state index is 12.6. The minimum absolute atomic E-state index is 0.0921. The molecule has 0 radical (unpaired) electrons. The first-order chi connectivity index (χ1) is 14.4. The number of carbonyl (C=O) groups is 2. The van der Waals surface area contributed by atoms with E-state index in [0.29, 0.717) is 18.8 Å². The molecule has 0 aliphatic carbocycles. The summed E-state index contributed by atoms with van der Waals surface area (Å²) in [7, 11) is 1.24. The van der Waals surface area contributed by atoms with E-state index < -0.39 is 17.1 Å². The summed E-state index contributed by atoms with van der Waals surface area (Å²) in [4.78, 5) is 44.0. The van der Waals surface area contributed by atoms with Gasteiger partial charge in [-0.2, -0.15) is 4.98 Å². The Morgan fingerprint density at radius 2 is 1.93 bits per heavy atom. The van der Waals surface area contributed by atoms with Crippen LogP contribution in [0.2, 0.25) is 0 Å². The average Bonchev–Trinajstić information content (AvgIpc) is 3.16. The highest BCUT2D eigenvalue weighted by Crippen LogP contribution is 2.27. The lowest BCUT2D eigenvalue weighted by Gasteiger charge is -2.44. The van der Waals surface area contributed by atoms with E-state index in [1.807, 2.05) is 0 Å². The van der Waals surface area contributed by atoms with E-state index in [9.17, 15) is 24.8 Å². The Kier molecular flexibility index (Phi) is 4.99. The van der Waals surface area contributed by atoms with Crippen LogP contribution in [0.15, 0.2) is 34.9 Å². The fourth-order valence-corrected chi connectivity index (χ4v) is 3.36. The molecule has 2 aromatic rings. The number of aromatic nitrogens is 1. The molecular formula is C18H19N5O7. The van der Waals surface area contributed by atoms with Crippen molar-refractivity contribution in [2.24, 2.45) is 0 Å². The van der Waals surface area contributed by atoms with Gasteiger partial charge in [0.05, 0.1) is 37.3 Å². The third kappa shape index (κ3) is 3.52. The zero-order valence-electron chi connectivity index (χ0n) is 16.0. The minimum atomic E-state index is -0.624. The van der Waals surface area contributed by atoms with Gasteiger partial charge in [0.1, 0.15) is 6.26 Å². The molecule has 3 heterocycles. The summed E-state index contributed by atoms with van der Waals surface area (Å²) in [5.41, 5.74) is 0.486. The minimum Gasteiger partial charge on any atom is -0.452 e. The van der Waals surface area contributed by atoms with E-state index in [4.69, 9.17) is 9.15 Å². The van der Waals surface area contributed by atoms with Crippen molar-refractivity contribution < 1.29 is 28.8 Å². The number of hydrogen-bond acceptors (Lipinski definition) is 9. The normalized spacial score (nSPS) is 16.6. The molecule has 4 rings (SSSR count). The third-order valence-electron chi connectivity index (χ3n) is 5.07. The van der Waals surface area contributed by atoms with Gasteiger partial charge in [-0.25, -0.2) is 4.79 Å². The number of anilines is 2. The number of hydrogen-bond donors (Lipinski definition) is 1. The number of likely N-dealkylation sites (tertiary alicyclic amines) is 1. The van der Waals surface area contributed by atoms with Gasteiger partial charge in [0.25, 0.3) is 17.6 Å². The highest BCUT2D eigenvalue weighted by atomic mass is 16.6. The number of β-amino-alcohol motifs (C(OH)–C–C–N with tert-alkyl or cyclic N) is 1. The Balaban J connectivity index is 1.42. The molecular weight excluding hydrogens is 398 g/mol. The number of methoxy groups -OCH3 is 1. The first kappa shape index (κ1) is 19.6. The van der Waals surface area contributed by atoms with E-state index in [2.05, 4.69) is 4.98 Å². The van der Waals surface area contributed by atoms with E-state index in [0.717, 1.165) is 0 Å². The Bertz CT molecular complexity index is 964. The van der Waals surface area contributed by atoms with E-state index in [-0.39, 0.29) is 42.4 Å². The molecule has 1 N–H and O–H groups in total. The number of ether oxygens (including phenoxy) is 1. The number of rotatable bonds is 5. The second-order valence-corrected chi connectivity index (χ2v) is 7.05. The summed E-state index contributed by atoms with van der Waals surface area (Å²) in [6.07, 6.45) is 0.223. The summed E-state index contributed by atoms with van der Waals surface area (Å²) in [6.45, 7) is 1.30. The molecule has 12 heteroatoms. The number of nitrogens with zero attached hydrogens (tertiary/aromatic N) is 5. The van der Waals surface area contributed by atoms with Crippen molar-refractivity contribution in [1.82, 2.24) is 9.88 Å². The Hall–Kier alpha value is -3.67. The Morgan fingerprint density at radius 1 is 1.27 bits per heavy atom. The van der Waals surface area contributed by atoms with Gasteiger partial charge in [-0.1, -0.05) is 0 Å². The van der Waals surface area contributed by atoms with Crippen LogP contribution in [-0.2, 0) is 4.74 Å². The molecule has 30 heavy (non-hydrogen) atoms. The van der Waals surface area contributed by atoms with Crippen LogP contribution in [0.4, 0.5) is 22.2 Å². The number of aliphatic hydroxyl groups excluding tert-OH is 1. The van der Waals surface area contributed by atoms with Crippen LogP contribution in [0.25, 0.3) is 0 Å². The van der Waals surface area contributed by atoms with Crippen LogP contribution < -0.4 is 9.80 Å². The second-order valence-electron chi connectivity index (χ2n) is 7.05. The molecule has 2 amide bonds. The lowest BCUT2D eigenvalue weighted by atomic mass is 10.1. The van der Waals surface area contributed by atoms with E-state index in [1.165, 1.54) is 47.4 Å². The fraction of sp³-hybridized carbons (Fsp3) is 0.389. The predicted molar refractivity (Wildman–Crippen MR) is 102 cm³/mol. The number of benzene rings is 1. The standard InChI is InChI=1S/C18H19N5O7/c1-29-18(26)22(11-2-4-12(5-3-11)23(27)28)13-6-20(7-13)16(25)15-10-30-17(19-15)21-8-14(24)9-21/h2-5,10,13-14,24H,6-9H2,1H3. The zero-order valence-corrected chi connectivity index (χ0v) is 16.0. The summed E-state index contributed by atoms with van der Waals surface area (Å²) in [5, 5.41) is 20.2. The molecule has 0 spiro atoms. The number of nitro benzene ring substituents is 1. The summed E-state index contributed by atoms with van der Waals surface area (Å²) < 4.78 is 10.1. The van der Waals surface area contributed by atoms with Crippen molar-refractivity contribution in [1.29, 1.82) is 0 Å². The lowest BCUT2D eigenvalue weighted by Crippen LogP contribution is -2.62. The number of non-ortho nitro benzene ring substituents is 1. The van der Waals surface area contributed by atoms with Crippen molar-refractivity contribution in [2.45, 2.75) is 12.1 Å². The quantitative estimate of drug-likeness (QED) is 0.553. The SMILES string of the molecule is COC(=O)N(c1ccc([N+](=O)[O-])cc1)C1CN(C(=O)c2coc(N3CC(O)C3)n2)C1. The summed E-state index contributed by atoms with van der Waals surface area (Å²) in [6, 6.07) is 5.46. The van der Waals surface area contributed by atoms with Gasteiger partial charge in [-0.05, 0) is 12.1 Å². The highest BCUT2D eigenvalue weighted by molar-refractivity contribution is 5.94. The van der Waals surface area contributed by atoms with Gasteiger partial charge in [0.2, 0.25) is 0 Å². The molecule has 1 aromatic carbocycles. The van der Waals surface area contributed by atoms with Crippen molar-refractivity contribution >= 4 is 29.4 Å². The smallest absolute Gasteiger partial charge is 0.414 e. The van der Waals surface area contributed by atoms with Crippen LogP contribution in [0.1, 0.15) is 10.5 Å². The number of oxazole rings is 1. The van der Waals surface area contributed by atoms with Gasteiger partial charge in [0.15, 0.2) is 5.69 Å². The third-order valence-corrected chi connectivity index (χ3v) is 5.07. The molecule has 12 nitrogen and oxygen atoms in total. The van der Waals surface area contributed by atoms with Gasteiger partial charge < -0.3 is 24.1 Å². The molecule has 2 aliphatic heterocycles. The zero-order chi connectivity index (χ0) is 21.4. The number of nitro groups is 1. The molecule has 2 saturated heterocycles. The van der Waals surface area contributed by atoms with Crippen LogP contribution in [-0.4, -0.2) is 77.3 Å². The average molecular weight is 417 g/mol. The van der Waals surface area contributed by atoms with Gasteiger partial charge in [-0.15, -0.1) is 0 Å². The van der Waals surface area contributed by atoms with Crippen molar-refractivity contribution in [2.75, 3.05) is 43.1 Å². The number of aliphatic hydroxyl groups is 1. The van der Waals surface area contributed by atoms with Crippen LogP contribution in [0.5, 0.6) is 0 Å². The summed E-state index contributed by atoms with van der Waals surface area (Å²) >= 11 is 0. The summed E-state index contributed by atoms with van der Waals surface area (Å²) in [5.74, 6) is -0.337. The van der Waals surface area contributed by atoms with E-state index >= 15 is 0 Å². The van der Waals surface area contributed by atoms with Gasteiger partial charge >= 0.3 is 6.09 Å². The maximum absolute atomic E-state index is 12.6. The molecule has 2 fully saturated rings. The molecule has 1 aromatic heterocycles.